The van der Waals surface area contributed by atoms with E-state index in [0.717, 1.165) is 19.3 Å². The van der Waals surface area contributed by atoms with Crippen molar-refractivity contribution in [3.05, 3.63) is 29.3 Å². The molecular formula is C17H21NO5S. The largest absolute Gasteiger partial charge is 0.480 e. The highest BCUT2D eigenvalue weighted by Crippen LogP contribution is 2.29. The average Bonchev–Trinajstić information content (AvgIpc) is 2.99. The fraction of sp³-hybridized carbons (Fsp3) is 0.529. The number of fused-ring (bicyclic) bond motifs is 1. The van der Waals surface area contributed by atoms with Crippen LogP contribution in [0.4, 0.5) is 5.69 Å². The van der Waals surface area contributed by atoms with E-state index in [2.05, 4.69) is 0 Å². The molecule has 1 aliphatic heterocycles. The SMILES string of the molecule is O=C(O)CN(C(=O)C1CCS(=O)(=O)CC1)c1ccc2c(c1)CCC2. The highest BCUT2D eigenvalue weighted by molar-refractivity contribution is 7.91. The zero-order valence-electron chi connectivity index (χ0n) is 13.4. The number of amides is 1. The number of carboxylic acid groups (broad SMARTS) is 1. The molecule has 0 bridgehead atoms. The van der Waals surface area contributed by atoms with Crippen LogP contribution in [0.5, 0.6) is 0 Å². The molecule has 0 spiro atoms. The van der Waals surface area contributed by atoms with E-state index in [4.69, 9.17) is 0 Å². The van der Waals surface area contributed by atoms with Gasteiger partial charge in [0.25, 0.3) is 0 Å². The fourth-order valence-electron chi connectivity index (χ4n) is 3.52. The van der Waals surface area contributed by atoms with Crippen LogP contribution in [-0.2, 0) is 32.3 Å². The summed E-state index contributed by atoms with van der Waals surface area (Å²) in [6.45, 7) is -0.402. The number of carboxylic acids is 1. The Kier molecular flexibility index (Phi) is 4.62. The van der Waals surface area contributed by atoms with Crippen LogP contribution in [-0.4, -0.2) is 43.5 Å². The quantitative estimate of drug-likeness (QED) is 0.886. The molecule has 0 atom stereocenters. The Labute approximate surface area is 141 Å². The molecule has 6 nitrogen and oxygen atoms in total. The van der Waals surface area contributed by atoms with E-state index in [0.29, 0.717) is 5.69 Å². The van der Waals surface area contributed by atoms with Crippen LogP contribution in [0.2, 0.25) is 0 Å². The lowest BCUT2D eigenvalue weighted by molar-refractivity contribution is -0.137. The molecule has 130 valence electrons. The number of aliphatic carboxylic acids is 1. The van der Waals surface area contributed by atoms with Gasteiger partial charge in [-0.05, 0) is 55.4 Å². The van der Waals surface area contributed by atoms with Crippen LogP contribution < -0.4 is 4.90 Å². The molecule has 1 heterocycles. The van der Waals surface area contributed by atoms with Crippen LogP contribution >= 0.6 is 0 Å². The van der Waals surface area contributed by atoms with Gasteiger partial charge in [0.1, 0.15) is 16.4 Å². The van der Waals surface area contributed by atoms with Crippen LogP contribution in [0.3, 0.4) is 0 Å². The third kappa shape index (κ3) is 3.61. The Hall–Kier alpha value is -1.89. The molecule has 0 saturated carbocycles. The summed E-state index contributed by atoms with van der Waals surface area (Å²) < 4.78 is 23.1. The highest BCUT2D eigenvalue weighted by atomic mass is 32.2. The number of rotatable bonds is 4. The zero-order valence-corrected chi connectivity index (χ0v) is 14.2. The molecule has 1 fully saturated rings. The predicted molar refractivity (Wildman–Crippen MR) is 89.8 cm³/mol. The van der Waals surface area contributed by atoms with Crippen LogP contribution in [0.25, 0.3) is 0 Å². The summed E-state index contributed by atoms with van der Waals surface area (Å²) >= 11 is 0. The maximum atomic E-state index is 12.8. The van der Waals surface area contributed by atoms with Gasteiger partial charge in [-0.3, -0.25) is 9.59 Å². The highest BCUT2D eigenvalue weighted by Gasteiger charge is 2.33. The Morgan fingerprint density at radius 3 is 2.46 bits per heavy atom. The number of anilines is 1. The number of carbonyl (C=O) groups is 2. The standard InChI is InChI=1S/C17H21NO5S/c19-16(20)11-18(15-5-4-12-2-1-3-14(12)10-15)17(21)13-6-8-24(22,23)9-7-13/h4-5,10,13H,1-3,6-9,11H2,(H,19,20). The molecular weight excluding hydrogens is 330 g/mol. The molecule has 24 heavy (non-hydrogen) atoms. The Morgan fingerprint density at radius 1 is 1.12 bits per heavy atom. The topological polar surface area (TPSA) is 91.8 Å². The van der Waals surface area contributed by atoms with Crippen LogP contribution in [0, 0.1) is 5.92 Å². The van der Waals surface area contributed by atoms with E-state index in [1.54, 1.807) is 6.07 Å². The van der Waals surface area contributed by atoms with Crippen molar-refractivity contribution in [2.24, 2.45) is 5.92 Å². The van der Waals surface area contributed by atoms with Gasteiger partial charge in [-0.2, -0.15) is 0 Å². The second-order valence-electron chi connectivity index (χ2n) is 6.55. The van der Waals surface area contributed by atoms with E-state index >= 15 is 0 Å². The van der Waals surface area contributed by atoms with Gasteiger partial charge >= 0.3 is 5.97 Å². The summed E-state index contributed by atoms with van der Waals surface area (Å²) in [5, 5.41) is 9.18. The van der Waals surface area contributed by atoms with Gasteiger partial charge in [-0.1, -0.05) is 6.07 Å². The second kappa shape index (κ2) is 6.55. The first-order valence-corrected chi connectivity index (χ1v) is 10.0. The first-order valence-electron chi connectivity index (χ1n) is 8.21. The summed E-state index contributed by atoms with van der Waals surface area (Å²) in [5.41, 5.74) is 3.02. The van der Waals surface area contributed by atoms with E-state index in [-0.39, 0.29) is 30.3 Å². The molecule has 1 aliphatic carbocycles. The lowest BCUT2D eigenvalue weighted by Gasteiger charge is -2.28. The smallest absolute Gasteiger partial charge is 0.323 e. The first-order chi connectivity index (χ1) is 11.4. The Bertz CT molecular complexity index is 757. The number of aryl methyl sites for hydroxylation is 2. The third-order valence-corrected chi connectivity index (χ3v) is 6.57. The van der Waals surface area contributed by atoms with E-state index < -0.39 is 28.3 Å². The number of sulfone groups is 1. The Balaban J connectivity index is 1.83. The number of benzene rings is 1. The molecule has 1 N–H and O–H groups in total. The molecule has 1 saturated heterocycles. The number of carbonyl (C=O) groups excluding carboxylic acids is 1. The van der Waals surface area contributed by atoms with Gasteiger partial charge in [-0.15, -0.1) is 0 Å². The Morgan fingerprint density at radius 2 is 1.79 bits per heavy atom. The molecule has 0 aromatic heterocycles. The summed E-state index contributed by atoms with van der Waals surface area (Å²) in [6, 6.07) is 5.67. The lowest BCUT2D eigenvalue weighted by atomic mass is 10.00. The molecule has 2 aliphatic rings. The summed E-state index contributed by atoms with van der Waals surface area (Å²) in [7, 11) is -3.06. The van der Waals surface area contributed by atoms with E-state index in [9.17, 15) is 23.1 Å². The van der Waals surface area contributed by atoms with Crippen molar-refractivity contribution in [1.29, 1.82) is 0 Å². The third-order valence-electron chi connectivity index (χ3n) is 4.86. The van der Waals surface area contributed by atoms with Gasteiger partial charge in [0.15, 0.2) is 0 Å². The number of hydrogen-bond acceptors (Lipinski definition) is 4. The maximum Gasteiger partial charge on any atom is 0.323 e. The normalized spacial score (nSPS) is 19.7. The van der Waals surface area contributed by atoms with Gasteiger partial charge in [0, 0.05) is 11.6 Å². The van der Waals surface area contributed by atoms with Gasteiger partial charge in [0.05, 0.1) is 11.5 Å². The van der Waals surface area contributed by atoms with Crippen LogP contribution in [0.15, 0.2) is 18.2 Å². The van der Waals surface area contributed by atoms with Crippen LogP contribution in [0.1, 0.15) is 30.4 Å². The summed E-state index contributed by atoms with van der Waals surface area (Å²) in [4.78, 5) is 25.3. The molecule has 1 aromatic rings. The van der Waals surface area contributed by atoms with Gasteiger partial charge in [-0.25, -0.2) is 8.42 Å². The number of hydrogen-bond donors (Lipinski definition) is 1. The van der Waals surface area contributed by atoms with Crippen molar-refractivity contribution < 1.29 is 23.1 Å². The monoisotopic (exact) mass is 351 g/mol. The second-order valence-corrected chi connectivity index (χ2v) is 8.85. The van der Waals surface area contributed by atoms with Crippen molar-refractivity contribution in [1.82, 2.24) is 0 Å². The summed E-state index contributed by atoms with van der Waals surface area (Å²) in [5.74, 6) is -1.80. The van der Waals surface area contributed by atoms with Crippen molar-refractivity contribution >= 4 is 27.4 Å². The number of nitrogens with zero attached hydrogens (tertiary/aromatic N) is 1. The van der Waals surface area contributed by atoms with Gasteiger partial charge < -0.3 is 10.0 Å². The summed E-state index contributed by atoms with van der Waals surface area (Å²) in [6.07, 6.45) is 3.57. The van der Waals surface area contributed by atoms with Gasteiger partial charge in [0.2, 0.25) is 5.91 Å². The van der Waals surface area contributed by atoms with Crippen molar-refractivity contribution in [2.75, 3.05) is 23.0 Å². The van der Waals surface area contributed by atoms with E-state index in [1.807, 2.05) is 12.1 Å². The molecule has 3 rings (SSSR count). The first kappa shape index (κ1) is 17.0. The minimum atomic E-state index is -3.06. The van der Waals surface area contributed by atoms with Crippen molar-refractivity contribution in [3.8, 4) is 0 Å². The average molecular weight is 351 g/mol. The fourth-order valence-corrected chi connectivity index (χ4v) is 5.01. The molecule has 7 heteroatoms. The van der Waals surface area contributed by atoms with Crippen molar-refractivity contribution in [2.45, 2.75) is 32.1 Å². The maximum absolute atomic E-state index is 12.8. The minimum absolute atomic E-state index is 0.00545. The minimum Gasteiger partial charge on any atom is -0.480 e. The molecule has 0 unspecified atom stereocenters. The predicted octanol–water partition coefficient (Wildman–Crippen LogP) is 1.42. The molecule has 0 radical (unpaired) electrons. The molecule has 1 amide bonds. The van der Waals surface area contributed by atoms with E-state index in [1.165, 1.54) is 16.0 Å². The zero-order chi connectivity index (χ0) is 17.3. The van der Waals surface area contributed by atoms with Crippen molar-refractivity contribution in [3.63, 3.8) is 0 Å². The lowest BCUT2D eigenvalue weighted by Crippen LogP contribution is -2.42. The molecule has 1 aromatic carbocycles.